The first kappa shape index (κ1) is 17.7. The lowest BCUT2D eigenvalue weighted by Gasteiger charge is -2.22. The summed E-state index contributed by atoms with van der Waals surface area (Å²) in [6.45, 7) is -0.309. The highest BCUT2D eigenvalue weighted by molar-refractivity contribution is 6.04. The van der Waals surface area contributed by atoms with Gasteiger partial charge in [-0.25, -0.2) is 4.79 Å². The maximum atomic E-state index is 13.3. The number of hydrogen-bond acceptors (Lipinski definition) is 5. The Labute approximate surface area is 142 Å². The van der Waals surface area contributed by atoms with E-state index < -0.39 is 40.3 Å². The molecule has 26 heavy (non-hydrogen) atoms. The number of halogens is 3. The van der Waals surface area contributed by atoms with Crippen LogP contribution in [0.3, 0.4) is 0 Å². The number of aromatic nitrogens is 2. The van der Waals surface area contributed by atoms with Gasteiger partial charge in [-0.2, -0.15) is 13.2 Å². The molecule has 3 rings (SSSR count). The zero-order chi connectivity index (χ0) is 19.3. The highest BCUT2D eigenvalue weighted by Gasteiger charge is 2.66. The summed E-state index contributed by atoms with van der Waals surface area (Å²) in [5.74, 6) is -2.23. The Morgan fingerprint density at radius 3 is 2.50 bits per heavy atom. The van der Waals surface area contributed by atoms with E-state index in [1.165, 1.54) is 7.11 Å². The highest BCUT2D eigenvalue weighted by Crippen LogP contribution is 2.44. The predicted molar refractivity (Wildman–Crippen MR) is 82.0 cm³/mol. The number of nitrogens with zero attached hydrogens (tertiary/aromatic N) is 1. The van der Waals surface area contributed by atoms with E-state index in [2.05, 4.69) is 0 Å². The minimum atomic E-state index is -5.46. The van der Waals surface area contributed by atoms with Gasteiger partial charge in [-0.05, 0) is 6.07 Å². The van der Waals surface area contributed by atoms with Crippen molar-refractivity contribution in [2.24, 2.45) is 0 Å². The molecule has 1 aliphatic heterocycles. The molecule has 1 atom stereocenters. The van der Waals surface area contributed by atoms with Gasteiger partial charge in [-0.1, -0.05) is 18.2 Å². The number of benzene rings is 1. The molecule has 1 aromatic carbocycles. The van der Waals surface area contributed by atoms with Gasteiger partial charge < -0.3 is 15.2 Å². The van der Waals surface area contributed by atoms with E-state index in [1.807, 2.05) is 0 Å². The molecule has 1 amide bonds. The minimum absolute atomic E-state index is 0.309. The van der Waals surface area contributed by atoms with Crippen LogP contribution in [0.1, 0.15) is 11.1 Å². The number of anilines is 1. The number of aromatic amines is 1. The number of alkyl halides is 3. The number of carbonyl (C=O) groups excluding carboxylic acids is 1. The maximum Gasteiger partial charge on any atom is 0.431 e. The van der Waals surface area contributed by atoms with Crippen LogP contribution in [-0.2, 0) is 16.9 Å². The predicted octanol–water partition coefficient (Wildman–Crippen LogP) is 0.295. The number of rotatable bonds is 3. The largest absolute Gasteiger partial charge is 0.496 e. The number of carbonyl (C=O) groups is 1. The number of para-hydroxylation sites is 1. The lowest BCUT2D eigenvalue weighted by Crippen LogP contribution is -2.50. The first-order valence-corrected chi connectivity index (χ1v) is 7.21. The van der Waals surface area contributed by atoms with Crippen LogP contribution in [0.5, 0.6) is 5.75 Å². The van der Waals surface area contributed by atoms with E-state index in [0.717, 1.165) is 4.57 Å². The van der Waals surface area contributed by atoms with Gasteiger partial charge in [-0.3, -0.25) is 19.1 Å². The van der Waals surface area contributed by atoms with Gasteiger partial charge in [0.2, 0.25) is 0 Å². The summed E-state index contributed by atoms with van der Waals surface area (Å²) in [6, 6.07) is 6.37. The van der Waals surface area contributed by atoms with E-state index in [-0.39, 0.29) is 6.54 Å². The Hall–Kier alpha value is -3.08. The fourth-order valence-electron chi connectivity index (χ4n) is 2.77. The molecule has 1 aromatic heterocycles. The normalized spacial score (nSPS) is 19.2. The molecule has 11 heteroatoms. The summed E-state index contributed by atoms with van der Waals surface area (Å²) >= 11 is 0. The zero-order valence-electron chi connectivity index (χ0n) is 13.2. The molecule has 1 aliphatic rings. The van der Waals surface area contributed by atoms with Crippen LogP contribution in [0, 0.1) is 0 Å². The van der Waals surface area contributed by atoms with Crippen molar-refractivity contribution in [1.82, 2.24) is 9.55 Å². The van der Waals surface area contributed by atoms with Crippen LogP contribution >= 0.6 is 0 Å². The van der Waals surface area contributed by atoms with Crippen molar-refractivity contribution in [2.45, 2.75) is 18.3 Å². The van der Waals surface area contributed by atoms with Crippen LogP contribution in [0.25, 0.3) is 0 Å². The van der Waals surface area contributed by atoms with Crippen LogP contribution in [0.15, 0.2) is 33.9 Å². The van der Waals surface area contributed by atoms with Crippen LogP contribution in [-0.4, -0.2) is 33.9 Å². The molecule has 0 saturated carbocycles. The second-order valence-electron chi connectivity index (χ2n) is 5.54. The Morgan fingerprint density at radius 1 is 1.23 bits per heavy atom. The number of nitrogens with one attached hydrogen (secondary N) is 2. The van der Waals surface area contributed by atoms with Crippen molar-refractivity contribution >= 4 is 11.7 Å². The van der Waals surface area contributed by atoms with Crippen LogP contribution in [0.2, 0.25) is 0 Å². The first-order chi connectivity index (χ1) is 12.1. The number of hydrogen-bond donors (Lipinski definition) is 3. The standard InChI is InChI=1S/C15H12F3N3O5/c1-26-8-5-3-2-4-7(8)6-21-10-9(11(22)20-13(21)24)14(25,12(23)19-10)15(16,17)18/h2-5,25H,6H2,1H3,(H,19,23)(H,20,22,24). The average Bonchev–Trinajstić information content (AvgIpc) is 2.84. The number of fused-ring (bicyclic) bond motifs is 1. The molecule has 0 fully saturated rings. The van der Waals surface area contributed by atoms with E-state index in [4.69, 9.17) is 4.74 Å². The molecule has 2 heterocycles. The number of methoxy groups -OCH3 is 1. The summed E-state index contributed by atoms with van der Waals surface area (Å²) < 4.78 is 45.6. The molecular formula is C15H12F3N3O5. The van der Waals surface area contributed by atoms with Gasteiger partial charge in [0.25, 0.3) is 17.1 Å². The topological polar surface area (TPSA) is 113 Å². The lowest BCUT2D eigenvalue weighted by atomic mass is 9.97. The van der Waals surface area contributed by atoms with Gasteiger partial charge in [0.15, 0.2) is 0 Å². The fourth-order valence-corrected chi connectivity index (χ4v) is 2.77. The zero-order valence-corrected chi connectivity index (χ0v) is 13.2. The molecule has 0 saturated heterocycles. The Kier molecular flexibility index (Phi) is 3.91. The second kappa shape index (κ2) is 5.73. The van der Waals surface area contributed by atoms with Gasteiger partial charge in [-0.15, -0.1) is 0 Å². The minimum Gasteiger partial charge on any atom is -0.496 e. The SMILES string of the molecule is COc1ccccc1Cn1c2c(c(=O)[nH]c1=O)C(O)(C(F)(F)F)C(=O)N2. The first-order valence-electron chi connectivity index (χ1n) is 7.21. The molecule has 2 aromatic rings. The number of amides is 1. The molecule has 1 unspecified atom stereocenters. The van der Waals surface area contributed by atoms with E-state index in [1.54, 1.807) is 34.6 Å². The third-order valence-corrected chi connectivity index (χ3v) is 4.05. The van der Waals surface area contributed by atoms with Gasteiger partial charge in [0.05, 0.1) is 13.7 Å². The van der Waals surface area contributed by atoms with E-state index >= 15 is 0 Å². The van der Waals surface area contributed by atoms with Crippen molar-refractivity contribution in [3.05, 3.63) is 56.2 Å². The summed E-state index contributed by atoms with van der Waals surface area (Å²) in [6.07, 6.45) is -5.46. The van der Waals surface area contributed by atoms with Gasteiger partial charge in [0.1, 0.15) is 17.1 Å². The smallest absolute Gasteiger partial charge is 0.431 e. The number of aliphatic hydroxyl groups is 1. The third kappa shape index (κ3) is 2.39. The molecule has 0 bridgehead atoms. The number of H-pyrrole nitrogens is 1. The fraction of sp³-hybridized carbons (Fsp3) is 0.267. The van der Waals surface area contributed by atoms with Gasteiger partial charge in [0, 0.05) is 5.56 Å². The van der Waals surface area contributed by atoms with Crippen molar-refractivity contribution in [3.8, 4) is 5.75 Å². The highest BCUT2D eigenvalue weighted by atomic mass is 19.4. The van der Waals surface area contributed by atoms with Gasteiger partial charge >= 0.3 is 11.9 Å². The lowest BCUT2D eigenvalue weighted by molar-refractivity contribution is -0.252. The molecule has 0 aliphatic carbocycles. The third-order valence-electron chi connectivity index (χ3n) is 4.05. The molecule has 0 radical (unpaired) electrons. The molecule has 0 spiro atoms. The van der Waals surface area contributed by atoms with Crippen molar-refractivity contribution in [2.75, 3.05) is 12.4 Å². The summed E-state index contributed by atoms with van der Waals surface area (Å²) in [4.78, 5) is 37.6. The summed E-state index contributed by atoms with van der Waals surface area (Å²) in [5.41, 5.74) is -7.47. The second-order valence-corrected chi connectivity index (χ2v) is 5.54. The van der Waals surface area contributed by atoms with Crippen molar-refractivity contribution in [3.63, 3.8) is 0 Å². The molecule has 138 valence electrons. The van der Waals surface area contributed by atoms with Crippen molar-refractivity contribution in [1.29, 1.82) is 0 Å². The number of ether oxygens (including phenoxy) is 1. The summed E-state index contributed by atoms with van der Waals surface area (Å²) in [5, 5.41) is 11.7. The van der Waals surface area contributed by atoms with Crippen LogP contribution in [0.4, 0.5) is 19.0 Å². The van der Waals surface area contributed by atoms with Crippen LogP contribution < -0.4 is 21.3 Å². The quantitative estimate of drug-likeness (QED) is 0.718. The maximum absolute atomic E-state index is 13.3. The monoisotopic (exact) mass is 371 g/mol. The molecular weight excluding hydrogens is 359 g/mol. The van der Waals surface area contributed by atoms with Crippen molar-refractivity contribution < 1.29 is 27.8 Å². The Morgan fingerprint density at radius 2 is 1.88 bits per heavy atom. The molecule has 8 nitrogen and oxygen atoms in total. The average molecular weight is 371 g/mol. The Balaban J connectivity index is 2.24. The summed E-state index contributed by atoms with van der Waals surface area (Å²) in [7, 11) is 1.36. The van der Waals surface area contributed by atoms with E-state index in [0.29, 0.717) is 11.3 Å². The molecule has 3 N–H and O–H groups in total. The van der Waals surface area contributed by atoms with E-state index in [9.17, 15) is 32.7 Å². The Bertz CT molecular complexity index is 1010.